The molecule has 1 aromatic heterocycles. The predicted octanol–water partition coefficient (Wildman–Crippen LogP) is 4.04. The first-order chi connectivity index (χ1) is 14.8. The lowest BCUT2D eigenvalue weighted by Crippen LogP contribution is -2.24. The third kappa shape index (κ3) is 3.28. The summed E-state index contributed by atoms with van der Waals surface area (Å²) in [6.45, 7) is 7.29. The van der Waals surface area contributed by atoms with Crippen LogP contribution in [0.4, 0.5) is 4.39 Å². The predicted molar refractivity (Wildman–Crippen MR) is 109 cm³/mol. The molecule has 31 heavy (non-hydrogen) atoms. The number of ether oxygens (including phenoxy) is 1. The Morgan fingerprint density at radius 1 is 1.26 bits per heavy atom. The Labute approximate surface area is 175 Å². The molecule has 0 amide bonds. The first kappa shape index (κ1) is 20.1. The molecule has 3 aromatic rings. The number of aromatic hydroxyl groups is 1. The van der Waals surface area contributed by atoms with Gasteiger partial charge in [0.05, 0.1) is 31.0 Å². The molecule has 1 N–H and O–H groups in total. The zero-order valence-electron chi connectivity index (χ0n) is 16.3. The Hall–Kier alpha value is -4.19. The fourth-order valence-electron chi connectivity index (χ4n) is 3.92. The molecule has 2 atom stereocenters. The normalized spacial score (nSPS) is 17.1. The number of pyridine rings is 1. The van der Waals surface area contributed by atoms with E-state index in [1.807, 2.05) is 0 Å². The molecule has 0 aliphatic heterocycles. The number of benzene rings is 2. The summed E-state index contributed by atoms with van der Waals surface area (Å²) in [5.41, 5.74) is 0.0321. The third-order valence-electron chi connectivity index (χ3n) is 5.40. The van der Waals surface area contributed by atoms with Crippen LogP contribution in [0.3, 0.4) is 0 Å². The molecule has 4 rings (SSSR count). The van der Waals surface area contributed by atoms with Crippen molar-refractivity contribution in [3.63, 3.8) is 0 Å². The number of hydrogen-bond acceptors (Lipinski definition) is 5. The molecular formula is C22H16FN3O5. The van der Waals surface area contributed by atoms with E-state index >= 15 is 4.39 Å². The largest absolute Gasteiger partial charge is 0.506 e. The molecule has 2 aromatic carbocycles. The van der Waals surface area contributed by atoms with E-state index in [-0.39, 0.29) is 23.2 Å². The topological polar surface area (TPSA) is 99.0 Å². The van der Waals surface area contributed by atoms with E-state index < -0.39 is 34.1 Å². The summed E-state index contributed by atoms with van der Waals surface area (Å²) in [5.74, 6) is -0.643. The van der Waals surface area contributed by atoms with Gasteiger partial charge in [-0.1, -0.05) is 18.2 Å². The lowest BCUT2D eigenvalue weighted by Gasteiger charge is -2.13. The maximum Gasteiger partial charge on any atom is 0.267 e. The highest BCUT2D eigenvalue weighted by molar-refractivity contribution is 5.66. The first-order valence-corrected chi connectivity index (χ1v) is 9.28. The van der Waals surface area contributed by atoms with Crippen molar-refractivity contribution in [3.8, 4) is 28.3 Å². The number of fused-ring (bicyclic) bond motifs is 1. The van der Waals surface area contributed by atoms with Crippen LogP contribution in [0.15, 0.2) is 53.5 Å². The van der Waals surface area contributed by atoms with Crippen molar-refractivity contribution >= 4 is 0 Å². The summed E-state index contributed by atoms with van der Waals surface area (Å²) in [4.78, 5) is 27.1. The van der Waals surface area contributed by atoms with E-state index in [1.165, 1.54) is 19.2 Å². The van der Waals surface area contributed by atoms with Gasteiger partial charge in [-0.05, 0) is 35.4 Å². The highest BCUT2D eigenvalue weighted by Crippen LogP contribution is 2.45. The van der Waals surface area contributed by atoms with Gasteiger partial charge < -0.3 is 14.7 Å². The van der Waals surface area contributed by atoms with Crippen molar-refractivity contribution in [1.29, 1.82) is 0 Å². The van der Waals surface area contributed by atoms with Gasteiger partial charge in [-0.2, -0.15) is 0 Å². The quantitative estimate of drug-likeness (QED) is 0.389. The van der Waals surface area contributed by atoms with Crippen molar-refractivity contribution < 1.29 is 19.2 Å². The molecule has 9 heteroatoms. The zero-order chi connectivity index (χ0) is 22.3. The van der Waals surface area contributed by atoms with E-state index in [4.69, 9.17) is 11.3 Å². The molecule has 1 aliphatic rings. The van der Waals surface area contributed by atoms with Gasteiger partial charge in [0.2, 0.25) is 6.04 Å². The second-order valence-electron chi connectivity index (χ2n) is 7.10. The summed E-state index contributed by atoms with van der Waals surface area (Å²) in [6.07, 6.45) is 0.754. The van der Waals surface area contributed by atoms with Crippen LogP contribution < -0.4 is 10.3 Å². The van der Waals surface area contributed by atoms with Crippen LogP contribution >= 0.6 is 0 Å². The highest BCUT2D eigenvalue weighted by Gasteiger charge is 2.47. The number of aromatic nitrogens is 1. The van der Waals surface area contributed by atoms with Gasteiger partial charge in [0.15, 0.2) is 0 Å². The number of nitro groups is 1. The molecule has 8 nitrogen and oxygen atoms in total. The second-order valence-corrected chi connectivity index (χ2v) is 7.10. The average molecular weight is 421 g/mol. The van der Waals surface area contributed by atoms with Crippen LogP contribution in [0.1, 0.15) is 29.6 Å². The summed E-state index contributed by atoms with van der Waals surface area (Å²) in [6, 6.07) is 8.84. The standard InChI is InChI=1S/C22H16FN3O5/c1-24-16-10-18(26(29)30)21-19(27)11-25(22(28)20(16)21)17-7-6-13(9-15(17)23)12-4-3-5-14(8-12)31-2/h3-9,11,16,18,27H,10H2,2H3. The van der Waals surface area contributed by atoms with Gasteiger partial charge in [0.25, 0.3) is 11.6 Å². The van der Waals surface area contributed by atoms with Crippen LogP contribution in [-0.2, 0) is 0 Å². The van der Waals surface area contributed by atoms with E-state index in [1.54, 1.807) is 30.3 Å². The van der Waals surface area contributed by atoms with Gasteiger partial charge in [-0.25, -0.2) is 11.0 Å². The Balaban J connectivity index is 1.84. The maximum atomic E-state index is 15.0. The van der Waals surface area contributed by atoms with Gasteiger partial charge in [0, 0.05) is 4.92 Å². The number of nitrogens with zero attached hydrogens (tertiary/aromatic N) is 3. The first-order valence-electron chi connectivity index (χ1n) is 9.28. The van der Waals surface area contributed by atoms with Crippen molar-refractivity contribution in [1.82, 2.24) is 4.57 Å². The van der Waals surface area contributed by atoms with Crippen LogP contribution in [0.2, 0.25) is 0 Å². The number of halogens is 1. The van der Waals surface area contributed by atoms with Gasteiger partial charge in [0.1, 0.15) is 22.9 Å². The van der Waals surface area contributed by atoms with Crippen molar-refractivity contribution in [2.75, 3.05) is 7.11 Å². The summed E-state index contributed by atoms with van der Waals surface area (Å²) in [5, 5.41) is 21.7. The minimum absolute atomic E-state index is 0.136. The Morgan fingerprint density at radius 2 is 2.00 bits per heavy atom. The molecule has 0 radical (unpaired) electrons. The summed E-state index contributed by atoms with van der Waals surface area (Å²) >= 11 is 0. The third-order valence-corrected chi connectivity index (χ3v) is 5.40. The van der Waals surface area contributed by atoms with Crippen LogP contribution in [0, 0.1) is 22.5 Å². The molecule has 0 saturated heterocycles. The van der Waals surface area contributed by atoms with Gasteiger partial charge >= 0.3 is 0 Å². The van der Waals surface area contributed by atoms with Crippen LogP contribution in [0.25, 0.3) is 21.7 Å². The fourth-order valence-corrected chi connectivity index (χ4v) is 3.92. The number of methoxy groups -OCH3 is 1. The minimum atomic E-state index is -1.35. The van der Waals surface area contributed by atoms with Gasteiger partial charge in [-0.15, -0.1) is 0 Å². The van der Waals surface area contributed by atoms with Crippen molar-refractivity contribution in [2.24, 2.45) is 0 Å². The summed E-state index contributed by atoms with van der Waals surface area (Å²) < 4.78 is 21.1. The van der Waals surface area contributed by atoms with Gasteiger partial charge in [-0.3, -0.25) is 19.5 Å². The maximum absolute atomic E-state index is 15.0. The monoisotopic (exact) mass is 421 g/mol. The molecule has 0 fully saturated rings. The van der Waals surface area contributed by atoms with Crippen molar-refractivity contribution in [2.45, 2.75) is 18.5 Å². The smallest absolute Gasteiger partial charge is 0.267 e. The van der Waals surface area contributed by atoms with Crippen LogP contribution in [0.5, 0.6) is 11.5 Å². The van der Waals surface area contributed by atoms with E-state index in [9.17, 15) is 20.0 Å². The molecule has 0 bridgehead atoms. The number of rotatable bonds is 4. The molecular weight excluding hydrogens is 405 g/mol. The van der Waals surface area contributed by atoms with E-state index in [0.717, 1.165) is 10.8 Å². The Morgan fingerprint density at radius 3 is 2.65 bits per heavy atom. The Kier molecular flexibility index (Phi) is 4.91. The highest BCUT2D eigenvalue weighted by atomic mass is 19.1. The summed E-state index contributed by atoms with van der Waals surface area (Å²) in [7, 11) is 1.52. The Bertz CT molecular complexity index is 1310. The molecule has 1 aliphatic carbocycles. The van der Waals surface area contributed by atoms with Crippen molar-refractivity contribution in [3.05, 3.63) is 97.5 Å². The minimum Gasteiger partial charge on any atom is -0.506 e. The molecule has 156 valence electrons. The average Bonchev–Trinajstić information content (AvgIpc) is 3.17. The fraction of sp³-hybridized carbons (Fsp3) is 0.182. The zero-order valence-corrected chi connectivity index (χ0v) is 16.3. The van der Waals surface area contributed by atoms with E-state index in [2.05, 4.69) is 4.85 Å². The van der Waals surface area contributed by atoms with E-state index in [0.29, 0.717) is 16.9 Å². The lowest BCUT2D eigenvalue weighted by molar-refractivity contribution is -0.528. The molecule has 0 saturated carbocycles. The van der Waals surface area contributed by atoms with Crippen LogP contribution in [-0.4, -0.2) is 21.7 Å². The molecule has 1 heterocycles. The second kappa shape index (κ2) is 7.57. The SMILES string of the molecule is [C-]#[N+]C1CC([N+](=O)[O-])c2c(O)cn(-c3ccc(-c4cccc(OC)c4)cc3F)c(=O)c21. The molecule has 2 unspecified atom stereocenters. The molecule has 0 spiro atoms. The number of hydrogen-bond donors (Lipinski definition) is 1. The lowest BCUT2D eigenvalue weighted by atomic mass is 10.0.